The van der Waals surface area contributed by atoms with Crippen molar-refractivity contribution in [2.75, 3.05) is 0 Å². The van der Waals surface area contributed by atoms with Crippen LogP contribution in [0.1, 0.15) is 26.3 Å². The van der Waals surface area contributed by atoms with E-state index in [1.807, 2.05) is 45.0 Å². The Morgan fingerprint density at radius 2 is 1.81 bits per heavy atom. The number of nitrogens with two attached hydrogens (primary N) is 1. The van der Waals surface area contributed by atoms with E-state index in [2.05, 4.69) is 0 Å². The van der Waals surface area contributed by atoms with E-state index in [0.717, 1.165) is 16.3 Å². The van der Waals surface area contributed by atoms with E-state index in [1.54, 1.807) is 12.1 Å². The van der Waals surface area contributed by atoms with Gasteiger partial charge in [-0.05, 0) is 55.7 Å². The van der Waals surface area contributed by atoms with E-state index in [9.17, 15) is 9.90 Å². The van der Waals surface area contributed by atoms with Crippen molar-refractivity contribution in [1.29, 1.82) is 0 Å². The third kappa shape index (κ3) is 4.20. The quantitative estimate of drug-likeness (QED) is 0.851. The second-order valence-electron chi connectivity index (χ2n) is 6.21. The predicted octanol–water partition coefficient (Wildman–Crippen LogP) is 2.76. The fourth-order valence-electron chi connectivity index (χ4n) is 2.12. The zero-order valence-corrected chi connectivity index (χ0v) is 12.6. The maximum Gasteiger partial charge on any atom is 0.323 e. The van der Waals surface area contributed by atoms with Gasteiger partial charge in [0, 0.05) is 0 Å². The molecule has 0 aliphatic rings. The summed E-state index contributed by atoms with van der Waals surface area (Å²) in [5.41, 5.74) is 6.34. The van der Waals surface area contributed by atoms with Crippen LogP contribution in [-0.4, -0.2) is 22.7 Å². The summed E-state index contributed by atoms with van der Waals surface area (Å²) in [7, 11) is 0. The Hall–Kier alpha value is -2.07. The van der Waals surface area contributed by atoms with E-state index in [1.165, 1.54) is 0 Å². The lowest BCUT2D eigenvalue weighted by atomic mass is 10.0. The molecule has 2 rings (SSSR count). The molecule has 112 valence electrons. The number of carbonyl (C=O) groups excluding carboxylic acids is 1. The van der Waals surface area contributed by atoms with Crippen LogP contribution in [0.4, 0.5) is 0 Å². The van der Waals surface area contributed by atoms with Gasteiger partial charge in [0.25, 0.3) is 0 Å². The molecule has 0 radical (unpaired) electrons. The van der Waals surface area contributed by atoms with Crippen molar-refractivity contribution in [2.45, 2.75) is 38.8 Å². The van der Waals surface area contributed by atoms with Gasteiger partial charge in [0.05, 0.1) is 0 Å². The minimum Gasteiger partial charge on any atom is -0.508 e. The first-order chi connectivity index (χ1) is 9.74. The lowest BCUT2D eigenvalue weighted by molar-refractivity contribution is -0.156. The molecule has 3 N–H and O–H groups in total. The zero-order chi connectivity index (χ0) is 15.6. The molecule has 0 fully saturated rings. The molecule has 2 aromatic carbocycles. The fourth-order valence-corrected chi connectivity index (χ4v) is 2.12. The highest BCUT2D eigenvalue weighted by Gasteiger charge is 2.22. The molecule has 0 aromatic heterocycles. The average molecular weight is 287 g/mol. The Balaban J connectivity index is 2.12. The van der Waals surface area contributed by atoms with Gasteiger partial charge in [0.2, 0.25) is 0 Å². The first-order valence-electron chi connectivity index (χ1n) is 6.95. The van der Waals surface area contributed by atoms with E-state index in [4.69, 9.17) is 10.5 Å². The van der Waals surface area contributed by atoms with Crippen LogP contribution in [0, 0.1) is 0 Å². The Morgan fingerprint density at radius 3 is 2.48 bits per heavy atom. The number of carbonyl (C=O) groups is 1. The molecule has 0 spiro atoms. The van der Waals surface area contributed by atoms with E-state index in [-0.39, 0.29) is 5.75 Å². The molecule has 0 saturated heterocycles. The van der Waals surface area contributed by atoms with Crippen LogP contribution >= 0.6 is 0 Å². The summed E-state index contributed by atoms with van der Waals surface area (Å²) >= 11 is 0. The van der Waals surface area contributed by atoms with Gasteiger partial charge < -0.3 is 15.6 Å². The number of phenols is 1. The summed E-state index contributed by atoms with van der Waals surface area (Å²) in [6, 6.07) is 10.3. The van der Waals surface area contributed by atoms with Gasteiger partial charge in [-0.1, -0.05) is 24.3 Å². The van der Waals surface area contributed by atoms with Crippen LogP contribution in [0.2, 0.25) is 0 Å². The second kappa shape index (κ2) is 5.74. The first kappa shape index (κ1) is 15.3. The predicted molar refractivity (Wildman–Crippen MR) is 83.1 cm³/mol. The summed E-state index contributed by atoms with van der Waals surface area (Å²) in [5, 5.41) is 11.4. The molecule has 21 heavy (non-hydrogen) atoms. The molecule has 0 heterocycles. The number of esters is 1. The molecule has 1 atom stereocenters. The number of phenolic OH excluding ortho intramolecular Hbond substituents is 1. The van der Waals surface area contributed by atoms with Gasteiger partial charge in [-0.3, -0.25) is 4.79 Å². The molecular weight excluding hydrogens is 266 g/mol. The van der Waals surface area contributed by atoms with Crippen LogP contribution in [0.25, 0.3) is 10.8 Å². The molecule has 0 saturated carbocycles. The number of hydrogen-bond acceptors (Lipinski definition) is 4. The summed E-state index contributed by atoms with van der Waals surface area (Å²) in [6.07, 6.45) is 0.422. The lowest BCUT2D eigenvalue weighted by Crippen LogP contribution is -2.38. The third-order valence-corrected chi connectivity index (χ3v) is 3.05. The number of aromatic hydroxyl groups is 1. The summed E-state index contributed by atoms with van der Waals surface area (Å²) in [5.74, 6) is -0.158. The molecule has 4 nitrogen and oxygen atoms in total. The molecule has 4 heteroatoms. The van der Waals surface area contributed by atoms with Crippen molar-refractivity contribution in [2.24, 2.45) is 5.73 Å². The zero-order valence-electron chi connectivity index (χ0n) is 12.6. The van der Waals surface area contributed by atoms with Crippen LogP contribution in [0.15, 0.2) is 36.4 Å². The van der Waals surface area contributed by atoms with Crippen molar-refractivity contribution in [3.63, 3.8) is 0 Å². The molecule has 0 amide bonds. The maximum absolute atomic E-state index is 11.9. The monoisotopic (exact) mass is 287 g/mol. The normalized spacial score (nSPS) is 13.1. The molecule has 0 bridgehead atoms. The minimum atomic E-state index is -0.682. The topological polar surface area (TPSA) is 72.5 Å². The van der Waals surface area contributed by atoms with E-state index >= 15 is 0 Å². The number of hydrogen-bond donors (Lipinski definition) is 2. The molecule has 0 aliphatic carbocycles. The van der Waals surface area contributed by atoms with Crippen LogP contribution in [0.5, 0.6) is 5.75 Å². The molecule has 0 aliphatic heterocycles. The maximum atomic E-state index is 11.9. The van der Waals surface area contributed by atoms with Crippen LogP contribution in [0.3, 0.4) is 0 Å². The molecular formula is C17H21NO3. The number of ether oxygens (including phenoxy) is 1. The Kier molecular flexibility index (Phi) is 4.19. The SMILES string of the molecule is CC(C)(C)OC(=O)C(N)Cc1ccc2cc(O)ccc2c1. The van der Waals surface area contributed by atoms with Gasteiger partial charge >= 0.3 is 5.97 Å². The second-order valence-corrected chi connectivity index (χ2v) is 6.21. The molecule has 1 unspecified atom stereocenters. The largest absolute Gasteiger partial charge is 0.508 e. The highest BCUT2D eigenvalue weighted by atomic mass is 16.6. The summed E-state index contributed by atoms with van der Waals surface area (Å²) in [6.45, 7) is 5.46. The Morgan fingerprint density at radius 1 is 1.19 bits per heavy atom. The van der Waals surface area contributed by atoms with Gasteiger partial charge in [-0.15, -0.1) is 0 Å². The van der Waals surface area contributed by atoms with Crippen LogP contribution < -0.4 is 5.73 Å². The van der Waals surface area contributed by atoms with Gasteiger partial charge in [0.15, 0.2) is 0 Å². The fraction of sp³-hybridized carbons (Fsp3) is 0.353. The lowest BCUT2D eigenvalue weighted by Gasteiger charge is -2.22. The van der Waals surface area contributed by atoms with Crippen molar-refractivity contribution >= 4 is 16.7 Å². The van der Waals surface area contributed by atoms with Crippen molar-refractivity contribution in [3.05, 3.63) is 42.0 Å². The Labute approximate surface area is 124 Å². The number of benzene rings is 2. The van der Waals surface area contributed by atoms with Crippen molar-refractivity contribution in [3.8, 4) is 5.75 Å². The summed E-state index contributed by atoms with van der Waals surface area (Å²) in [4.78, 5) is 11.9. The third-order valence-electron chi connectivity index (χ3n) is 3.05. The van der Waals surface area contributed by atoms with Crippen LogP contribution in [-0.2, 0) is 16.0 Å². The highest BCUT2D eigenvalue weighted by Crippen LogP contribution is 2.21. The van der Waals surface area contributed by atoms with Gasteiger partial charge in [0.1, 0.15) is 17.4 Å². The van der Waals surface area contributed by atoms with Crippen molar-refractivity contribution in [1.82, 2.24) is 0 Å². The van der Waals surface area contributed by atoms with E-state index in [0.29, 0.717) is 6.42 Å². The summed E-state index contributed by atoms with van der Waals surface area (Å²) < 4.78 is 5.28. The van der Waals surface area contributed by atoms with Crippen molar-refractivity contribution < 1.29 is 14.6 Å². The highest BCUT2D eigenvalue weighted by molar-refractivity contribution is 5.84. The number of fused-ring (bicyclic) bond motifs is 1. The standard InChI is InChI=1S/C17H21NO3/c1-17(2,3)21-16(20)15(18)9-11-4-5-13-10-14(19)7-6-12(13)8-11/h4-8,10,15,19H,9,18H2,1-3H3. The van der Waals surface area contributed by atoms with Gasteiger partial charge in [-0.2, -0.15) is 0 Å². The smallest absolute Gasteiger partial charge is 0.323 e. The van der Waals surface area contributed by atoms with E-state index < -0.39 is 17.6 Å². The Bertz CT molecular complexity index is 659. The average Bonchev–Trinajstić information content (AvgIpc) is 2.37. The van der Waals surface area contributed by atoms with Gasteiger partial charge in [-0.25, -0.2) is 0 Å². The number of rotatable bonds is 3. The minimum absolute atomic E-state index is 0.237. The molecule has 2 aromatic rings. The first-order valence-corrected chi connectivity index (χ1v) is 6.95.